The zero-order chi connectivity index (χ0) is 19.8. The maximum Gasteiger partial charge on any atom is 0.261 e. The zero-order valence-electron chi connectivity index (χ0n) is 15.8. The summed E-state index contributed by atoms with van der Waals surface area (Å²) in [6.07, 6.45) is 2.58. The Morgan fingerprint density at radius 3 is 2.43 bits per heavy atom. The quantitative estimate of drug-likeness (QED) is 0.691. The molecular formula is C21H19FN2O4. The molecule has 0 N–H and O–H groups in total. The number of aromatic nitrogens is 2. The lowest BCUT2D eigenvalue weighted by Gasteiger charge is -2.13. The van der Waals surface area contributed by atoms with Crippen LogP contribution in [0, 0.1) is 5.82 Å². The maximum atomic E-state index is 13.6. The molecule has 0 fully saturated rings. The molecule has 2 heterocycles. The molecule has 0 amide bonds. The minimum atomic E-state index is -0.419. The van der Waals surface area contributed by atoms with Gasteiger partial charge in [-0.15, -0.1) is 0 Å². The highest BCUT2D eigenvalue weighted by Crippen LogP contribution is 2.39. The highest BCUT2D eigenvalue weighted by Gasteiger charge is 2.22. The lowest BCUT2D eigenvalue weighted by molar-refractivity contribution is 0.324. The van der Waals surface area contributed by atoms with E-state index in [-0.39, 0.29) is 5.56 Å². The van der Waals surface area contributed by atoms with E-state index in [1.54, 1.807) is 25.9 Å². The summed E-state index contributed by atoms with van der Waals surface area (Å²) in [5.41, 5.74) is 1.91. The topological polar surface area (TPSA) is 62.6 Å². The molecule has 0 spiro atoms. The van der Waals surface area contributed by atoms with E-state index in [0.717, 1.165) is 11.1 Å². The van der Waals surface area contributed by atoms with Crippen LogP contribution in [0.3, 0.4) is 0 Å². The summed E-state index contributed by atoms with van der Waals surface area (Å²) in [6.45, 7) is 0.532. The first-order valence-electron chi connectivity index (χ1n) is 8.76. The number of hydrogen-bond donors (Lipinski definition) is 0. The van der Waals surface area contributed by atoms with Gasteiger partial charge in [0.2, 0.25) is 5.75 Å². The van der Waals surface area contributed by atoms with E-state index < -0.39 is 5.82 Å². The van der Waals surface area contributed by atoms with Crippen LogP contribution in [0.4, 0.5) is 4.39 Å². The van der Waals surface area contributed by atoms with Crippen molar-refractivity contribution < 1.29 is 18.6 Å². The standard InChI is InChI=1S/C21H19FN2O4/c1-26-17-9-12(10-18(27-2)19(17)28-3)8-13-6-7-24-20(13)23-16-11-14(22)4-5-15(16)21(24)25/h4-5,8-11H,6-7H2,1-3H3/b13-8+. The van der Waals surface area contributed by atoms with Crippen LogP contribution < -0.4 is 19.8 Å². The predicted molar refractivity (Wildman–Crippen MR) is 105 cm³/mol. The number of ether oxygens (including phenoxy) is 3. The Hall–Kier alpha value is -3.35. The van der Waals surface area contributed by atoms with Crippen LogP contribution in [0.25, 0.3) is 22.6 Å². The van der Waals surface area contributed by atoms with Gasteiger partial charge in [-0.1, -0.05) is 0 Å². The lowest BCUT2D eigenvalue weighted by Crippen LogP contribution is -2.20. The van der Waals surface area contributed by atoms with Crippen LogP contribution >= 0.6 is 0 Å². The van der Waals surface area contributed by atoms with Crippen LogP contribution in [0.5, 0.6) is 17.2 Å². The molecule has 1 aliphatic rings. The first-order chi connectivity index (χ1) is 13.5. The van der Waals surface area contributed by atoms with Crippen molar-refractivity contribution in [2.75, 3.05) is 21.3 Å². The average Bonchev–Trinajstić information content (AvgIpc) is 3.09. The molecule has 6 nitrogen and oxygen atoms in total. The van der Waals surface area contributed by atoms with Gasteiger partial charge in [0.15, 0.2) is 11.5 Å². The fourth-order valence-corrected chi connectivity index (χ4v) is 3.51. The minimum absolute atomic E-state index is 0.159. The Labute approximate surface area is 160 Å². The number of halogens is 1. The molecule has 0 bridgehead atoms. The van der Waals surface area contributed by atoms with E-state index in [4.69, 9.17) is 14.2 Å². The van der Waals surface area contributed by atoms with Gasteiger partial charge in [0.1, 0.15) is 11.6 Å². The smallest absolute Gasteiger partial charge is 0.261 e. The second-order valence-corrected chi connectivity index (χ2v) is 6.43. The van der Waals surface area contributed by atoms with E-state index in [1.165, 1.54) is 18.2 Å². The van der Waals surface area contributed by atoms with Crippen molar-refractivity contribution in [2.45, 2.75) is 13.0 Å². The normalized spacial score (nSPS) is 14.4. The van der Waals surface area contributed by atoms with Crippen molar-refractivity contribution in [3.63, 3.8) is 0 Å². The summed E-state index contributed by atoms with van der Waals surface area (Å²) in [4.78, 5) is 17.3. The van der Waals surface area contributed by atoms with Crippen molar-refractivity contribution in [1.82, 2.24) is 9.55 Å². The van der Waals surface area contributed by atoms with E-state index >= 15 is 0 Å². The summed E-state index contributed by atoms with van der Waals surface area (Å²) in [5, 5.41) is 0.416. The Kier molecular flexibility index (Phi) is 4.50. The Morgan fingerprint density at radius 1 is 1.07 bits per heavy atom. The molecule has 28 heavy (non-hydrogen) atoms. The molecule has 2 aromatic carbocycles. The summed E-state index contributed by atoms with van der Waals surface area (Å²) in [7, 11) is 4.66. The third-order valence-corrected chi connectivity index (χ3v) is 4.84. The highest BCUT2D eigenvalue weighted by atomic mass is 19.1. The summed E-state index contributed by atoms with van der Waals surface area (Å²) in [5.74, 6) is 1.72. The maximum absolute atomic E-state index is 13.6. The first kappa shape index (κ1) is 18.0. The van der Waals surface area contributed by atoms with Crippen LogP contribution in [0.1, 0.15) is 17.8 Å². The second-order valence-electron chi connectivity index (χ2n) is 6.43. The SMILES string of the molecule is COc1cc(/C=C2\CCn3c2nc2cc(F)ccc2c3=O)cc(OC)c1OC. The molecular weight excluding hydrogens is 363 g/mol. The van der Waals surface area contributed by atoms with Gasteiger partial charge in [-0.25, -0.2) is 9.37 Å². The number of benzene rings is 2. The van der Waals surface area contributed by atoms with Crippen molar-refractivity contribution in [3.05, 3.63) is 57.9 Å². The van der Waals surface area contributed by atoms with Gasteiger partial charge in [-0.05, 0) is 47.9 Å². The largest absolute Gasteiger partial charge is 0.493 e. The number of hydrogen-bond acceptors (Lipinski definition) is 5. The summed E-state index contributed by atoms with van der Waals surface area (Å²) < 4.78 is 31.4. The first-order valence-corrected chi connectivity index (χ1v) is 8.76. The fraction of sp³-hybridized carbons (Fsp3) is 0.238. The predicted octanol–water partition coefficient (Wildman–Crippen LogP) is 3.51. The molecule has 0 saturated carbocycles. The molecule has 0 aliphatic carbocycles. The Morgan fingerprint density at radius 2 is 1.79 bits per heavy atom. The third-order valence-electron chi connectivity index (χ3n) is 4.84. The van der Waals surface area contributed by atoms with E-state index in [0.29, 0.717) is 46.9 Å². The Bertz CT molecular complexity index is 1140. The summed E-state index contributed by atoms with van der Waals surface area (Å²) in [6, 6.07) is 7.70. The molecule has 1 aliphatic heterocycles. The number of allylic oxidation sites excluding steroid dienone is 1. The molecule has 144 valence electrons. The second kappa shape index (κ2) is 6.99. The molecule has 3 aromatic rings. The molecule has 1 aromatic heterocycles. The number of fused-ring (bicyclic) bond motifs is 2. The molecule has 4 rings (SSSR count). The van der Waals surface area contributed by atoms with Gasteiger partial charge in [-0.2, -0.15) is 0 Å². The number of rotatable bonds is 4. The zero-order valence-corrected chi connectivity index (χ0v) is 15.8. The van der Waals surface area contributed by atoms with Crippen LogP contribution in [0.2, 0.25) is 0 Å². The molecule has 0 unspecified atom stereocenters. The van der Waals surface area contributed by atoms with Gasteiger partial charge >= 0.3 is 0 Å². The van der Waals surface area contributed by atoms with Gasteiger partial charge < -0.3 is 14.2 Å². The Balaban J connectivity index is 1.86. The van der Waals surface area contributed by atoms with Crippen LogP contribution in [0.15, 0.2) is 35.1 Å². The third kappa shape index (κ3) is 2.89. The van der Waals surface area contributed by atoms with Gasteiger partial charge in [0.05, 0.1) is 32.2 Å². The van der Waals surface area contributed by atoms with Crippen molar-refractivity contribution in [1.29, 1.82) is 0 Å². The molecule has 0 atom stereocenters. The number of methoxy groups -OCH3 is 3. The number of nitrogens with zero attached hydrogens (tertiary/aromatic N) is 2. The monoisotopic (exact) mass is 382 g/mol. The van der Waals surface area contributed by atoms with Crippen molar-refractivity contribution >= 4 is 22.6 Å². The van der Waals surface area contributed by atoms with Crippen LogP contribution in [-0.2, 0) is 6.54 Å². The average molecular weight is 382 g/mol. The fourth-order valence-electron chi connectivity index (χ4n) is 3.51. The minimum Gasteiger partial charge on any atom is -0.493 e. The van der Waals surface area contributed by atoms with E-state index in [2.05, 4.69) is 4.98 Å². The lowest BCUT2D eigenvalue weighted by atomic mass is 10.1. The van der Waals surface area contributed by atoms with Gasteiger partial charge in [0.25, 0.3) is 5.56 Å². The van der Waals surface area contributed by atoms with E-state index in [1.807, 2.05) is 18.2 Å². The van der Waals surface area contributed by atoms with Gasteiger partial charge in [0, 0.05) is 12.6 Å². The molecule has 7 heteroatoms. The highest BCUT2D eigenvalue weighted by molar-refractivity contribution is 5.85. The molecule has 0 radical (unpaired) electrons. The van der Waals surface area contributed by atoms with Crippen molar-refractivity contribution in [2.24, 2.45) is 0 Å². The van der Waals surface area contributed by atoms with Crippen LogP contribution in [-0.4, -0.2) is 30.9 Å². The van der Waals surface area contributed by atoms with Crippen molar-refractivity contribution in [3.8, 4) is 17.2 Å². The van der Waals surface area contributed by atoms with E-state index in [9.17, 15) is 9.18 Å². The molecule has 0 saturated heterocycles. The summed E-state index contributed by atoms with van der Waals surface area (Å²) >= 11 is 0. The van der Waals surface area contributed by atoms with Gasteiger partial charge in [-0.3, -0.25) is 9.36 Å².